The molecule has 0 aliphatic heterocycles. The van der Waals surface area contributed by atoms with Gasteiger partial charge in [0.1, 0.15) is 11.2 Å². The summed E-state index contributed by atoms with van der Waals surface area (Å²) >= 11 is 0. The van der Waals surface area contributed by atoms with Crippen molar-refractivity contribution in [3.05, 3.63) is 70.8 Å². The number of aryl methyl sites for hydroxylation is 2. The number of rotatable bonds is 10. The second-order valence-corrected chi connectivity index (χ2v) is 9.75. The Morgan fingerprint density at radius 3 is 1.34 bits per heavy atom. The Balaban J connectivity index is 1.42. The van der Waals surface area contributed by atoms with Crippen molar-refractivity contribution in [2.75, 3.05) is 0 Å². The summed E-state index contributed by atoms with van der Waals surface area (Å²) in [4.78, 5) is 13.0. The zero-order valence-electron chi connectivity index (χ0n) is 19.8. The predicted octanol–water partition coefficient (Wildman–Crippen LogP) is 7.98. The SMILES string of the molecule is CCCCc1ccc(C2(OC(=O)OC3(c4ccc(CCCC)cc4)CCC3)CCC2)cc1. The number of hydrogen-bond donors (Lipinski definition) is 0. The minimum Gasteiger partial charge on any atom is -0.423 e. The Kier molecular flexibility index (Phi) is 7.23. The molecule has 0 bridgehead atoms. The van der Waals surface area contributed by atoms with Gasteiger partial charge in [-0.3, -0.25) is 0 Å². The number of ether oxygens (including phenoxy) is 2. The maximum atomic E-state index is 13.0. The molecule has 2 aliphatic carbocycles. The highest BCUT2D eigenvalue weighted by molar-refractivity contribution is 5.62. The molecule has 2 fully saturated rings. The van der Waals surface area contributed by atoms with Gasteiger partial charge in [0, 0.05) is 0 Å². The van der Waals surface area contributed by atoms with Gasteiger partial charge in [0.05, 0.1) is 0 Å². The zero-order chi connectivity index (χ0) is 22.4. The smallest absolute Gasteiger partial charge is 0.423 e. The number of carbonyl (C=O) groups is 1. The molecule has 0 amide bonds. The normalized spacial score (nSPS) is 18.3. The lowest BCUT2D eigenvalue weighted by molar-refractivity contribution is -0.135. The van der Waals surface area contributed by atoms with Gasteiger partial charge >= 0.3 is 6.16 Å². The highest BCUT2D eigenvalue weighted by Gasteiger charge is 2.47. The Labute approximate surface area is 193 Å². The van der Waals surface area contributed by atoms with Crippen LogP contribution in [0.25, 0.3) is 0 Å². The van der Waals surface area contributed by atoms with Crippen LogP contribution in [-0.2, 0) is 33.5 Å². The van der Waals surface area contributed by atoms with Crippen molar-refractivity contribution in [3.63, 3.8) is 0 Å². The molecule has 4 rings (SSSR count). The summed E-state index contributed by atoms with van der Waals surface area (Å²) in [5, 5.41) is 0. The first kappa shape index (κ1) is 22.9. The van der Waals surface area contributed by atoms with Crippen LogP contribution in [0.15, 0.2) is 48.5 Å². The average Bonchev–Trinajstić information content (AvgIpc) is 2.77. The molecule has 0 spiro atoms. The first-order valence-corrected chi connectivity index (χ1v) is 12.7. The van der Waals surface area contributed by atoms with Crippen LogP contribution in [0.4, 0.5) is 4.79 Å². The Hall–Kier alpha value is -2.29. The first-order chi connectivity index (χ1) is 15.6. The van der Waals surface area contributed by atoms with Crippen LogP contribution in [0.5, 0.6) is 0 Å². The minimum atomic E-state index is -0.519. The second-order valence-electron chi connectivity index (χ2n) is 9.75. The summed E-state index contributed by atoms with van der Waals surface area (Å²) in [6.07, 6.45) is 12.1. The third kappa shape index (κ3) is 4.87. The fourth-order valence-corrected chi connectivity index (χ4v) is 4.95. The van der Waals surface area contributed by atoms with E-state index in [1.165, 1.54) is 36.8 Å². The summed E-state index contributed by atoms with van der Waals surface area (Å²) < 4.78 is 12.1. The van der Waals surface area contributed by atoms with Crippen molar-refractivity contribution in [1.29, 1.82) is 0 Å². The molecule has 32 heavy (non-hydrogen) atoms. The monoisotopic (exact) mass is 434 g/mol. The molecule has 172 valence electrons. The molecule has 2 aromatic carbocycles. The number of benzene rings is 2. The van der Waals surface area contributed by atoms with Gasteiger partial charge in [-0.25, -0.2) is 4.79 Å². The van der Waals surface area contributed by atoms with E-state index in [0.717, 1.165) is 62.5 Å². The van der Waals surface area contributed by atoms with E-state index in [2.05, 4.69) is 62.4 Å². The van der Waals surface area contributed by atoms with E-state index < -0.39 is 17.4 Å². The molecule has 0 saturated heterocycles. The lowest BCUT2D eigenvalue weighted by Gasteiger charge is -2.44. The van der Waals surface area contributed by atoms with Gasteiger partial charge in [-0.1, -0.05) is 75.2 Å². The topological polar surface area (TPSA) is 35.5 Å². The van der Waals surface area contributed by atoms with Crippen molar-refractivity contribution >= 4 is 6.16 Å². The lowest BCUT2D eigenvalue weighted by atomic mass is 9.74. The van der Waals surface area contributed by atoms with Crippen molar-refractivity contribution in [2.24, 2.45) is 0 Å². The Morgan fingerprint density at radius 2 is 1.06 bits per heavy atom. The summed E-state index contributed by atoms with van der Waals surface area (Å²) in [6.45, 7) is 4.43. The van der Waals surface area contributed by atoms with Crippen LogP contribution in [-0.4, -0.2) is 6.16 Å². The fraction of sp³-hybridized carbons (Fsp3) is 0.552. The van der Waals surface area contributed by atoms with Crippen molar-refractivity contribution in [2.45, 2.75) is 102 Å². The van der Waals surface area contributed by atoms with Crippen molar-refractivity contribution < 1.29 is 14.3 Å². The van der Waals surface area contributed by atoms with Gasteiger partial charge < -0.3 is 9.47 Å². The molecule has 0 heterocycles. The van der Waals surface area contributed by atoms with Crippen molar-refractivity contribution in [1.82, 2.24) is 0 Å². The maximum absolute atomic E-state index is 13.0. The molecular weight excluding hydrogens is 396 g/mol. The predicted molar refractivity (Wildman–Crippen MR) is 129 cm³/mol. The minimum absolute atomic E-state index is 0.519. The van der Waals surface area contributed by atoms with Crippen LogP contribution in [0.3, 0.4) is 0 Å². The quantitative estimate of drug-likeness (QED) is 0.356. The molecule has 0 unspecified atom stereocenters. The maximum Gasteiger partial charge on any atom is 0.510 e. The highest BCUT2D eigenvalue weighted by Crippen LogP contribution is 2.48. The molecule has 2 aromatic rings. The second kappa shape index (κ2) is 10.1. The molecule has 0 N–H and O–H groups in total. The molecule has 2 saturated carbocycles. The molecule has 2 aliphatic rings. The highest BCUT2D eigenvalue weighted by atomic mass is 16.7. The molecule has 0 aromatic heterocycles. The first-order valence-electron chi connectivity index (χ1n) is 12.7. The molecule has 0 atom stereocenters. The standard InChI is InChI=1S/C29H38O3/c1-3-5-9-23-11-15-25(16-12-23)28(19-7-20-28)31-27(30)32-29(21-8-22-29)26-17-13-24(14-18-26)10-6-4-2/h11-18H,3-10,19-22H2,1-2H3. The van der Waals surface area contributed by atoms with Crippen molar-refractivity contribution in [3.8, 4) is 0 Å². The van der Waals surface area contributed by atoms with Gasteiger partial charge in [0.2, 0.25) is 0 Å². The van der Waals surface area contributed by atoms with Gasteiger partial charge in [-0.2, -0.15) is 0 Å². The van der Waals surface area contributed by atoms with Crippen LogP contribution in [0.2, 0.25) is 0 Å². The number of carbonyl (C=O) groups excluding carboxylic acids is 1. The average molecular weight is 435 g/mol. The van der Waals surface area contributed by atoms with E-state index in [0.29, 0.717) is 0 Å². The van der Waals surface area contributed by atoms with Crippen LogP contribution in [0.1, 0.15) is 100 Å². The lowest BCUT2D eigenvalue weighted by Crippen LogP contribution is -2.44. The number of unbranched alkanes of at least 4 members (excludes halogenated alkanes) is 2. The summed E-state index contributed by atoms with van der Waals surface area (Å²) in [5.41, 5.74) is 3.87. The Morgan fingerprint density at radius 1 is 0.688 bits per heavy atom. The summed E-state index contributed by atoms with van der Waals surface area (Å²) in [7, 11) is 0. The van der Waals surface area contributed by atoms with Crippen LogP contribution >= 0.6 is 0 Å². The van der Waals surface area contributed by atoms with Gasteiger partial charge in [-0.05, 0) is 86.5 Å². The molecule has 0 radical (unpaired) electrons. The van der Waals surface area contributed by atoms with E-state index in [4.69, 9.17) is 9.47 Å². The largest absolute Gasteiger partial charge is 0.510 e. The van der Waals surface area contributed by atoms with Gasteiger partial charge in [0.25, 0.3) is 0 Å². The van der Waals surface area contributed by atoms with E-state index in [1.807, 2.05) is 0 Å². The fourth-order valence-electron chi connectivity index (χ4n) is 4.95. The summed E-state index contributed by atoms with van der Waals surface area (Å²) in [5.74, 6) is 0. The van der Waals surface area contributed by atoms with E-state index in [1.54, 1.807) is 0 Å². The molecular formula is C29H38O3. The third-order valence-electron chi connectivity index (χ3n) is 7.48. The Bertz CT molecular complexity index is 800. The van der Waals surface area contributed by atoms with Gasteiger partial charge in [0.15, 0.2) is 0 Å². The molecule has 3 nitrogen and oxygen atoms in total. The van der Waals surface area contributed by atoms with E-state index >= 15 is 0 Å². The third-order valence-corrected chi connectivity index (χ3v) is 7.48. The van der Waals surface area contributed by atoms with Gasteiger partial charge in [-0.15, -0.1) is 0 Å². The molecule has 3 heteroatoms. The van der Waals surface area contributed by atoms with Crippen LogP contribution < -0.4 is 0 Å². The van der Waals surface area contributed by atoms with Crippen LogP contribution in [0, 0.1) is 0 Å². The van der Waals surface area contributed by atoms with E-state index in [9.17, 15) is 4.79 Å². The zero-order valence-corrected chi connectivity index (χ0v) is 19.8. The summed E-state index contributed by atoms with van der Waals surface area (Å²) in [6, 6.07) is 17.3. The van der Waals surface area contributed by atoms with E-state index in [-0.39, 0.29) is 0 Å². The number of hydrogen-bond acceptors (Lipinski definition) is 3.